The molecule has 0 aliphatic rings. The predicted octanol–water partition coefficient (Wildman–Crippen LogP) is 1.91. The lowest BCUT2D eigenvalue weighted by atomic mass is 10.1. The molecule has 0 atom stereocenters. The van der Waals surface area contributed by atoms with Gasteiger partial charge < -0.3 is 5.11 Å². The van der Waals surface area contributed by atoms with E-state index in [9.17, 15) is 13.2 Å². The maximum absolute atomic E-state index is 12.1. The number of carboxylic acids is 1. The van der Waals surface area contributed by atoms with Crippen molar-refractivity contribution in [3.05, 3.63) is 58.9 Å². The van der Waals surface area contributed by atoms with Gasteiger partial charge in [0, 0.05) is 12.7 Å². The van der Waals surface area contributed by atoms with E-state index >= 15 is 0 Å². The van der Waals surface area contributed by atoms with Crippen molar-refractivity contribution in [1.82, 2.24) is 9.71 Å². The number of nitrogens with zero attached hydrogens (tertiary/aromatic N) is 1. The van der Waals surface area contributed by atoms with E-state index < -0.39 is 16.0 Å². The minimum Gasteiger partial charge on any atom is -0.478 e. The molecule has 0 saturated carbocycles. The Morgan fingerprint density at radius 2 is 1.90 bits per heavy atom. The second-order valence-corrected chi connectivity index (χ2v) is 6.21. The summed E-state index contributed by atoms with van der Waals surface area (Å²) in [5, 5.41) is 8.68. The highest BCUT2D eigenvalue weighted by molar-refractivity contribution is 7.89. The van der Waals surface area contributed by atoms with Crippen molar-refractivity contribution in [2.45, 2.75) is 11.4 Å². The number of pyridine rings is 1. The number of aromatic nitrogens is 1. The standard InChI is InChI=1S/C13H11ClN2O4S/c14-12-11(2-1-7-15-12)21(19,20)16-8-9-3-5-10(6-4-9)13(17)18/h1-7,16H,8H2,(H,17,18). The molecule has 0 saturated heterocycles. The molecule has 2 aromatic rings. The number of hydrogen-bond acceptors (Lipinski definition) is 4. The van der Waals surface area contributed by atoms with E-state index in [-0.39, 0.29) is 22.2 Å². The Morgan fingerprint density at radius 1 is 1.24 bits per heavy atom. The second-order valence-electron chi connectivity index (χ2n) is 4.12. The van der Waals surface area contributed by atoms with Gasteiger partial charge in [0.15, 0.2) is 0 Å². The monoisotopic (exact) mass is 326 g/mol. The summed E-state index contributed by atoms with van der Waals surface area (Å²) in [5.41, 5.74) is 0.764. The maximum atomic E-state index is 12.1. The molecule has 0 aliphatic heterocycles. The second kappa shape index (κ2) is 6.21. The van der Waals surface area contributed by atoms with Gasteiger partial charge in [0.05, 0.1) is 5.56 Å². The first-order chi connectivity index (χ1) is 9.90. The molecule has 0 fully saturated rings. The van der Waals surface area contributed by atoms with Gasteiger partial charge in [0.25, 0.3) is 0 Å². The molecule has 0 unspecified atom stereocenters. The highest BCUT2D eigenvalue weighted by Gasteiger charge is 2.17. The smallest absolute Gasteiger partial charge is 0.335 e. The van der Waals surface area contributed by atoms with Gasteiger partial charge >= 0.3 is 5.97 Å². The Balaban J connectivity index is 2.12. The van der Waals surface area contributed by atoms with Gasteiger partial charge in [-0.1, -0.05) is 23.7 Å². The van der Waals surface area contributed by atoms with E-state index in [0.717, 1.165) is 0 Å². The van der Waals surface area contributed by atoms with Crippen LogP contribution >= 0.6 is 11.6 Å². The number of aromatic carboxylic acids is 1. The van der Waals surface area contributed by atoms with Crippen molar-refractivity contribution in [2.24, 2.45) is 0 Å². The lowest BCUT2D eigenvalue weighted by Crippen LogP contribution is -2.23. The average molecular weight is 327 g/mol. The van der Waals surface area contributed by atoms with Crippen LogP contribution < -0.4 is 4.72 Å². The van der Waals surface area contributed by atoms with Gasteiger partial charge in [-0.25, -0.2) is 22.9 Å². The topological polar surface area (TPSA) is 96.4 Å². The molecule has 0 bridgehead atoms. The Kier molecular flexibility index (Phi) is 4.56. The minimum absolute atomic E-state index is 0.0213. The zero-order chi connectivity index (χ0) is 15.5. The van der Waals surface area contributed by atoms with E-state index in [4.69, 9.17) is 16.7 Å². The number of halogens is 1. The maximum Gasteiger partial charge on any atom is 0.335 e. The van der Waals surface area contributed by atoms with Gasteiger partial charge in [-0.2, -0.15) is 0 Å². The summed E-state index contributed by atoms with van der Waals surface area (Å²) < 4.78 is 26.5. The van der Waals surface area contributed by atoms with Gasteiger partial charge in [0.2, 0.25) is 10.0 Å². The number of sulfonamides is 1. The molecule has 2 rings (SSSR count). The van der Waals surface area contributed by atoms with Gasteiger partial charge in [-0.15, -0.1) is 0 Å². The molecule has 1 aromatic heterocycles. The Bertz CT molecular complexity index is 760. The van der Waals surface area contributed by atoms with Crippen LogP contribution in [0.2, 0.25) is 5.15 Å². The summed E-state index contributed by atoms with van der Waals surface area (Å²) in [6.07, 6.45) is 1.39. The van der Waals surface area contributed by atoms with E-state index in [0.29, 0.717) is 5.56 Å². The molecule has 2 N–H and O–H groups in total. The van der Waals surface area contributed by atoms with Crippen molar-refractivity contribution in [3.8, 4) is 0 Å². The van der Waals surface area contributed by atoms with Crippen LogP contribution in [0.1, 0.15) is 15.9 Å². The molecule has 0 spiro atoms. The van der Waals surface area contributed by atoms with Crippen molar-refractivity contribution < 1.29 is 18.3 Å². The normalized spacial score (nSPS) is 11.3. The molecule has 1 heterocycles. The average Bonchev–Trinajstić information content (AvgIpc) is 2.46. The highest BCUT2D eigenvalue weighted by atomic mass is 35.5. The van der Waals surface area contributed by atoms with Crippen molar-refractivity contribution in [2.75, 3.05) is 0 Å². The number of nitrogens with one attached hydrogen (secondary N) is 1. The van der Waals surface area contributed by atoms with E-state index in [2.05, 4.69) is 9.71 Å². The Labute approximate surface area is 126 Å². The summed E-state index contributed by atoms with van der Waals surface area (Å²) in [4.78, 5) is 14.3. The molecular weight excluding hydrogens is 316 g/mol. The lowest BCUT2D eigenvalue weighted by Gasteiger charge is -2.08. The molecule has 0 aliphatic carbocycles. The molecule has 21 heavy (non-hydrogen) atoms. The first kappa shape index (κ1) is 15.4. The summed E-state index contributed by atoms with van der Waals surface area (Å²) in [6, 6.07) is 8.72. The first-order valence-corrected chi connectivity index (χ1v) is 7.69. The molecule has 110 valence electrons. The zero-order valence-electron chi connectivity index (χ0n) is 10.7. The third-order valence-corrected chi connectivity index (χ3v) is 4.53. The Morgan fingerprint density at radius 3 is 2.48 bits per heavy atom. The van der Waals surface area contributed by atoms with Crippen LogP contribution in [0.5, 0.6) is 0 Å². The van der Waals surface area contributed by atoms with Crippen LogP contribution in [-0.2, 0) is 16.6 Å². The van der Waals surface area contributed by atoms with Crippen LogP contribution in [-0.4, -0.2) is 24.5 Å². The van der Waals surface area contributed by atoms with Crippen molar-refractivity contribution in [3.63, 3.8) is 0 Å². The Hall–Kier alpha value is -1.96. The third kappa shape index (κ3) is 3.78. The molecular formula is C13H11ClN2O4S. The number of hydrogen-bond donors (Lipinski definition) is 2. The highest BCUT2D eigenvalue weighted by Crippen LogP contribution is 2.17. The van der Waals surface area contributed by atoms with Gasteiger partial charge in [0.1, 0.15) is 10.0 Å². The van der Waals surface area contributed by atoms with Crippen LogP contribution in [0.4, 0.5) is 0 Å². The summed E-state index contributed by atoms with van der Waals surface area (Å²) in [5.74, 6) is -1.04. The minimum atomic E-state index is -3.78. The first-order valence-electron chi connectivity index (χ1n) is 5.82. The summed E-state index contributed by atoms with van der Waals surface area (Å²) >= 11 is 5.75. The van der Waals surface area contributed by atoms with Crippen molar-refractivity contribution in [1.29, 1.82) is 0 Å². The van der Waals surface area contributed by atoms with Crippen LogP contribution in [0, 0.1) is 0 Å². The summed E-state index contributed by atoms with van der Waals surface area (Å²) in [7, 11) is -3.78. The third-order valence-electron chi connectivity index (χ3n) is 2.68. The molecule has 6 nitrogen and oxygen atoms in total. The number of carbonyl (C=O) groups is 1. The fraction of sp³-hybridized carbons (Fsp3) is 0.0769. The molecule has 8 heteroatoms. The van der Waals surface area contributed by atoms with Crippen LogP contribution in [0.25, 0.3) is 0 Å². The van der Waals surface area contributed by atoms with Gasteiger partial charge in [-0.05, 0) is 29.8 Å². The zero-order valence-corrected chi connectivity index (χ0v) is 12.2. The lowest BCUT2D eigenvalue weighted by molar-refractivity contribution is 0.0697. The largest absolute Gasteiger partial charge is 0.478 e. The van der Waals surface area contributed by atoms with E-state index in [1.165, 1.54) is 42.6 Å². The molecule has 0 radical (unpaired) electrons. The number of carboxylic acid groups (broad SMARTS) is 1. The predicted molar refractivity (Wildman–Crippen MR) is 76.7 cm³/mol. The quantitative estimate of drug-likeness (QED) is 0.818. The van der Waals surface area contributed by atoms with E-state index in [1.807, 2.05) is 0 Å². The van der Waals surface area contributed by atoms with Gasteiger partial charge in [-0.3, -0.25) is 0 Å². The molecule has 0 amide bonds. The van der Waals surface area contributed by atoms with Crippen LogP contribution in [0.15, 0.2) is 47.5 Å². The fourth-order valence-corrected chi connectivity index (χ4v) is 3.06. The van der Waals surface area contributed by atoms with Crippen LogP contribution in [0.3, 0.4) is 0 Å². The summed E-state index contributed by atoms with van der Waals surface area (Å²) in [6.45, 7) is 0.0213. The molecule has 1 aromatic carbocycles. The van der Waals surface area contributed by atoms with E-state index in [1.54, 1.807) is 0 Å². The van der Waals surface area contributed by atoms with Crippen molar-refractivity contribution >= 4 is 27.6 Å². The number of benzene rings is 1. The SMILES string of the molecule is O=C(O)c1ccc(CNS(=O)(=O)c2cccnc2Cl)cc1. The number of rotatable bonds is 5. The fourth-order valence-electron chi connectivity index (χ4n) is 1.59.